The summed E-state index contributed by atoms with van der Waals surface area (Å²) < 4.78 is 5.57. The second kappa shape index (κ2) is 4.22. The Balaban J connectivity index is 2.00. The molecule has 4 heteroatoms. The summed E-state index contributed by atoms with van der Waals surface area (Å²) in [5.74, 6) is 0.741. The van der Waals surface area contributed by atoms with E-state index in [1.807, 2.05) is 12.1 Å². The molecule has 1 N–H and O–H groups in total. The minimum atomic E-state index is 0.129. The van der Waals surface area contributed by atoms with Crippen molar-refractivity contribution >= 4 is 11.2 Å². The first-order chi connectivity index (χ1) is 7.54. The third-order valence-corrected chi connectivity index (χ3v) is 2.20. The van der Waals surface area contributed by atoms with Crippen molar-refractivity contribution in [2.75, 3.05) is 6.54 Å². The predicted octanol–water partition coefficient (Wildman–Crippen LogP) is 2.15. The van der Waals surface area contributed by atoms with Gasteiger partial charge in [-0.25, -0.2) is 4.98 Å². The zero-order valence-electron chi connectivity index (χ0n) is 9.95. The highest BCUT2D eigenvalue weighted by molar-refractivity contribution is 5.66. The van der Waals surface area contributed by atoms with Crippen molar-refractivity contribution in [1.29, 1.82) is 0 Å². The molecule has 0 aliphatic heterocycles. The lowest BCUT2D eigenvalue weighted by Gasteiger charge is -2.19. The van der Waals surface area contributed by atoms with Gasteiger partial charge in [0.2, 0.25) is 0 Å². The highest BCUT2D eigenvalue weighted by Crippen LogP contribution is 2.12. The van der Waals surface area contributed by atoms with Gasteiger partial charge in [0, 0.05) is 24.7 Å². The van der Waals surface area contributed by atoms with Crippen molar-refractivity contribution in [1.82, 2.24) is 15.3 Å². The maximum absolute atomic E-state index is 5.57. The minimum absolute atomic E-state index is 0.129. The molecule has 2 aromatic rings. The molecule has 0 fully saturated rings. The molecule has 0 amide bonds. The van der Waals surface area contributed by atoms with Crippen LogP contribution in [-0.2, 0) is 6.42 Å². The Hall–Kier alpha value is -1.42. The topological polar surface area (TPSA) is 51.0 Å². The van der Waals surface area contributed by atoms with E-state index >= 15 is 0 Å². The van der Waals surface area contributed by atoms with E-state index < -0.39 is 0 Å². The fourth-order valence-corrected chi connectivity index (χ4v) is 1.47. The molecular weight excluding hydrogens is 202 g/mol. The molecule has 4 nitrogen and oxygen atoms in total. The average Bonchev–Trinajstić information content (AvgIpc) is 2.57. The second-order valence-electron chi connectivity index (χ2n) is 4.86. The number of oxazole rings is 1. The maximum Gasteiger partial charge on any atom is 0.198 e. The first kappa shape index (κ1) is 11.1. The Morgan fingerprint density at radius 3 is 2.88 bits per heavy atom. The van der Waals surface area contributed by atoms with Crippen molar-refractivity contribution in [3.63, 3.8) is 0 Å². The lowest BCUT2D eigenvalue weighted by Crippen LogP contribution is -2.37. The third-order valence-electron chi connectivity index (χ3n) is 2.20. The molecule has 0 saturated carbocycles. The quantitative estimate of drug-likeness (QED) is 0.859. The number of fused-ring (bicyclic) bond motifs is 1. The number of nitrogens with one attached hydrogen (secondary N) is 1. The molecule has 0 aliphatic carbocycles. The molecule has 86 valence electrons. The molecule has 2 rings (SSSR count). The zero-order chi connectivity index (χ0) is 11.6. The Bertz CT molecular complexity index is 437. The zero-order valence-corrected chi connectivity index (χ0v) is 9.95. The fourth-order valence-electron chi connectivity index (χ4n) is 1.47. The number of pyridine rings is 1. The molecule has 2 aromatic heterocycles. The van der Waals surface area contributed by atoms with E-state index in [4.69, 9.17) is 4.42 Å². The maximum atomic E-state index is 5.57. The summed E-state index contributed by atoms with van der Waals surface area (Å²) in [6, 6.07) is 3.74. The summed E-state index contributed by atoms with van der Waals surface area (Å²) in [4.78, 5) is 8.45. The molecule has 2 heterocycles. The van der Waals surface area contributed by atoms with Crippen molar-refractivity contribution in [2.24, 2.45) is 0 Å². The summed E-state index contributed by atoms with van der Waals surface area (Å²) in [5.41, 5.74) is 1.58. The van der Waals surface area contributed by atoms with Gasteiger partial charge in [0.25, 0.3) is 0 Å². The number of rotatable bonds is 3. The van der Waals surface area contributed by atoms with Crippen LogP contribution in [0.2, 0.25) is 0 Å². The van der Waals surface area contributed by atoms with E-state index in [0.717, 1.165) is 24.4 Å². The summed E-state index contributed by atoms with van der Waals surface area (Å²) in [5, 5.41) is 3.39. The smallest absolute Gasteiger partial charge is 0.198 e. The molecule has 0 saturated heterocycles. The molecular formula is C12H17N3O. The van der Waals surface area contributed by atoms with Gasteiger partial charge in [0.15, 0.2) is 17.1 Å². The monoisotopic (exact) mass is 219 g/mol. The number of nitrogens with zero attached hydrogens (tertiary/aromatic N) is 2. The molecule has 0 aromatic carbocycles. The summed E-state index contributed by atoms with van der Waals surface area (Å²) >= 11 is 0. The SMILES string of the molecule is CC(C)(C)NCCc1nc2ncccc2o1. The number of hydrogen-bond acceptors (Lipinski definition) is 4. The lowest BCUT2D eigenvalue weighted by atomic mass is 10.1. The Morgan fingerprint density at radius 2 is 2.19 bits per heavy atom. The summed E-state index contributed by atoms with van der Waals surface area (Å²) in [6.07, 6.45) is 2.51. The van der Waals surface area contributed by atoms with Gasteiger partial charge in [-0.05, 0) is 32.9 Å². The second-order valence-corrected chi connectivity index (χ2v) is 4.86. The van der Waals surface area contributed by atoms with Gasteiger partial charge in [0.1, 0.15) is 0 Å². The van der Waals surface area contributed by atoms with Gasteiger partial charge in [-0.3, -0.25) is 0 Å². The van der Waals surface area contributed by atoms with Crippen LogP contribution in [0.4, 0.5) is 0 Å². The van der Waals surface area contributed by atoms with Gasteiger partial charge in [-0.2, -0.15) is 4.98 Å². The Kier molecular flexibility index (Phi) is 2.92. The van der Waals surface area contributed by atoms with Crippen molar-refractivity contribution in [2.45, 2.75) is 32.7 Å². The predicted molar refractivity (Wildman–Crippen MR) is 63.3 cm³/mol. The summed E-state index contributed by atoms with van der Waals surface area (Å²) in [6.45, 7) is 7.28. The molecule has 0 aliphatic rings. The Labute approximate surface area is 95.1 Å². The van der Waals surface area contributed by atoms with Crippen LogP contribution in [0.3, 0.4) is 0 Å². The van der Waals surface area contributed by atoms with Crippen molar-refractivity contribution < 1.29 is 4.42 Å². The standard InChI is InChI=1S/C12H17N3O/c1-12(2,3)14-8-6-10-15-11-9(16-10)5-4-7-13-11/h4-5,7,14H,6,8H2,1-3H3. The van der Waals surface area contributed by atoms with E-state index in [1.54, 1.807) is 6.20 Å². The van der Waals surface area contributed by atoms with Crippen molar-refractivity contribution in [3.8, 4) is 0 Å². The van der Waals surface area contributed by atoms with Crippen LogP contribution in [-0.4, -0.2) is 22.1 Å². The molecule has 0 unspecified atom stereocenters. The van der Waals surface area contributed by atoms with E-state index in [1.165, 1.54) is 0 Å². The Morgan fingerprint density at radius 1 is 1.38 bits per heavy atom. The van der Waals surface area contributed by atoms with Crippen LogP contribution >= 0.6 is 0 Å². The van der Waals surface area contributed by atoms with E-state index in [2.05, 4.69) is 36.1 Å². The highest BCUT2D eigenvalue weighted by Gasteiger charge is 2.10. The third kappa shape index (κ3) is 2.79. The first-order valence-electron chi connectivity index (χ1n) is 5.50. The van der Waals surface area contributed by atoms with Gasteiger partial charge in [-0.1, -0.05) is 0 Å². The first-order valence-corrected chi connectivity index (χ1v) is 5.50. The van der Waals surface area contributed by atoms with Crippen LogP contribution in [0.5, 0.6) is 0 Å². The molecule has 0 bridgehead atoms. The molecule has 0 atom stereocenters. The molecule has 0 radical (unpaired) electrons. The van der Waals surface area contributed by atoms with Crippen LogP contribution < -0.4 is 5.32 Å². The number of hydrogen-bond donors (Lipinski definition) is 1. The lowest BCUT2D eigenvalue weighted by molar-refractivity contribution is 0.414. The number of aromatic nitrogens is 2. The van der Waals surface area contributed by atoms with Crippen LogP contribution in [0.25, 0.3) is 11.2 Å². The highest BCUT2D eigenvalue weighted by atomic mass is 16.3. The van der Waals surface area contributed by atoms with Gasteiger partial charge in [-0.15, -0.1) is 0 Å². The normalized spacial score (nSPS) is 12.2. The van der Waals surface area contributed by atoms with E-state index in [9.17, 15) is 0 Å². The largest absolute Gasteiger partial charge is 0.439 e. The van der Waals surface area contributed by atoms with Crippen LogP contribution in [0, 0.1) is 0 Å². The van der Waals surface area contributed by atoms with E-state index in [0.29, 0.717) is 5.65 Å². The van der Waals surface area contributed by atoms with Crippen molar-refractivity contribution in [3.05, 3.63) is 24.2 Å². The van der Waals surface area contributed by atoms with E-state index in [-0.39, 0.29) is 5.54 Å². The van der Waals surface area contributed by atoms with Crippen LogP contribution in [0.1, 0.15) is 26.7 Å². The molecule has 16 heavy (non-hydrogen) atoms. The average molecular weight is 219 g/mol. The van der Waals surface area contributed by atoms with Gasteiger partial charge in [0.05, 0.1) is 0 Å². The van der Waals surface area contributed by atoms with Crippen LogP contribution in [0.15, 0.2) is 22.7 Å². The van der Waals surface area contributed by atoms with Gasteiger partial charge < -0.3 is 9.73 Å². The summed E-state index contributed by atoms with van der Waals surface area (Å²) in [7, 11) is 0. The van der Waals surface area contributed by atoms with Gasteiger partial charge >= 0.3 is 0 Å². The minimum Gasteiger partial charge on any atom is -0.439 e. The molecule has 0 spiro atoms. The fraction of sp³-hybridized carbons (Fsp3) is 0.500.